The van der Waals surface area contributed by atoms with Crippen molar-refractivity contribution in [1.82, 2.24) is 0 Å². The van der Waals surface area contributed by atoms with Crippen molar-refractivity contribution >= 4 is 19.3 Å². The lowest BCUT2D eigenvalue weighted by Gasteiger charge is -2.17. The van der Waals surface area contributed by atoms with E-state index in [9.17, 15) is 0 Å². The summed E-state index contributed by atoms with van der Waals surface area (Å²) in [7, 11) is -1.21. The first kappa shape index (κ1) is 13.4. The van der Waals surface area contributed by atoms with Gasteiger partial charge in [-0.15, -0.1) is 0 Å². The van der Waals surface area contributed by atoms with Crippen LogP contribution >= 0.6 is 0 Å². The maximum absolute atomic E-state index is 2.39. The van der Waals surface area contributed by atoms with Crippen molar-refractivity contribution in [3.05, 3.63) is 65.6 Å². The van der Waals surface area contributed by atoms with Crippen molar-refractivity contribution in [2.45, 2.75) is 26.6 Å². The highest BCUT2D eigenvalue weighted by Crippen LogP contribution is 2.34. The molecule has 0 heterocycles. The van der Waals surface area contributed by atoms with E-state index in [-0.39, 0.29) is 0 Å². The molecule has 3 rings (SSSR count). The molecule has 1 aliphatic carbocycles. The Hall–Kier alpha value is -1.60. The van der Waals surface area contributed by atoms with Crippen LogP contribution in [0, 0.1) is 6.42 Å². The van der Waals surface area contributed by atoms with Crippen LogP contribution in [-0.2, 0) is 0 Å². The Bertz CT molecular complexity index is 670. The molecule has 1 aliphatic rings. The van der Waals surface area contributed by atoms with E-state index in [0.717, 1.165) is 0 Å². The second kappa shape index (κ2) is 4.74. The van der Waals surface area contributed by atoms with Gasteiger partial charge in [0.05, 0.1) is 8.07 Å². The molecule has 2 aromatic carbocycles. The van der Waals surface area contributed by atoms with Gasteiger partial charge in [0.15, 0.2) is 0 Å². The Balaban J connectivity index is 2.05. The van der Waals surface area contributed by atoms with Crippen molar-refractivity contribution < 1.29 is 0 Å². The van der Waals surface area contributed by atoms with Crippen LogP contribution in [0.2, 0.25) is 19.6 Å². The lowest BCUT2D eigenvalue weighted by molar-refractivity contribution is 1.45. The average Bonchev–Trinajstić information content (AvgIpc) is 2.78. The molecule has 0 fully saturated rings. The smallest absolute Gasteiger partial charge is 0.0656 e. The van der Waals surface area contributed by atoms with Gasteiger partial charge in [0.2, 0.25) is 0 Å². The van der Waals surface area contributed by atoms with E-state index in [4.69, 9.17) is 0 Å². The van der Waals surface area contributed by atoms with Gasteiger partial charge in [0, 0.05) is 6.42 Å². The van der Waals surface area contributed by atoms with Crippen molar-refractivity contribution in [2.24, 2.45) is 0 Å². The predicted octanol–water partition coefficient (Wildman–Crippen LogP) is 4.87. The summed E-state index contributed by atoms with van der Waals surface area (Å²) in [6, 6.07) is 15.8. The topological polar surface area (TPSA) is 0 Å². The molecule has 0 atom stereocenters. The predicted molar refractivity (Wildman–Crippen MR) is 91.9 cm³/mol. The summed E-state index contributed by atoms with van der Waals surface area (Å²) in [5, 5.41) is 1.52. The molecule has 2 aromatic rings. The quantitative estimate of drug-likeness (QED) is 0.687. The zero-order valence-electron chi connectivity index (χ0n) is 12.7. The van der Waals surface area contributed by atoms with Crippen molar-refractivity contribution in [3.8, 4) is 11.1 Å². The Morgan fingerprint density at radius 2 is 1.55 bits per heavy atom. The normalized spacial score (nSPS) is 14.1. The Morgan fingerprint density at radius 3 is 2.20 bits per heavy atom. The van der Waals surface area contributed by atoms with Gasteiger partial charge in [-0.05, 0) is 29.2 Å². The van der Waals surface area contributed by atoms with E-state index in [0.29, 0.717) is 0 Å². The van der Waals surface area contributed by atoms with E-state index in [2.05, 4.69) is 81.5 Å². The first-order valence-corrected chi connectivity index (χ1v) is 10.7. The standard InChI is InChI=1S/C19H21Si/c1-14-12-16-6-5-7-18(19(16)13-14)15-8-10-17(11-9-15)20(2,3)4/h5-13H,1-4H3. The van der Waals surface area contributed by atoms with Crippen molar-refractivity contribution in [3.63, 3.8) is 0 Å². The minimum absolute atomic E-state index is 1.21. The largest absolute Gasteiger partial charge is 0.0775 e. The fourth-order valence-corrected chi connectivity index (χ4v) is 3.95. The third-order valence-corrected chi connectivity index (χ3v) is 6.02. The van der Waals surface area contributed by atoms with Crippen LogP contribution < -0.4 is 5.19 Å². The van der Waals surface area contributed by atoms with Crippen LogP contribution in [0.3, 0.4) is 0 Å². The molecule has 0 N–H and O–H groups in total. The SMILES string of the molecule is CC1=Cc2c(cccc2-c2ccc([Si](C)(C)C)cc2)[CH]1. The summed E-state index contributed by atoms with van der Waals surface area (Å²) in [5.41, 5.74) is 6.71. The number of rotatable bonds is 2. The van der Waals surface area contributed by atoms with Crippen LogP contribution in [0.5, 0.6) is 0 Å². The maximum atomic E-state index is 2.39. The minimum atomic E-state index is -1.21. The Labute approximate surface area is 123 Å². The molecule has 0 saturated carbocycles. The van der Waals surface area contributed by atoms with Gasteiger partial charge in [-0.2, -0.15) is 0 Å². The third-order valence-electron chi connectivity index (χ3n) is 3.96. The maximum Gasteiger partial charge on any atom is 0.0775 e. The Kier molecular flexibility index (Phi) is 3.18. The molecule has 0 aliphatic heterocycles. The number of benzene rings is 2. The fourth-order valence-electron chi connectivity index (χ4n) is 2.79. The molecule has 0 spiro atoms. The molecule has 0 nitrogen and oxygen atoms in total. The molecular formula is C19H21Si. The second-order valence-electron chi connectivity index (χ2n) is 6.67. The monoisotopic (exact) mass is 277 g/mol. The van der Waals surface area contributed by atoms with Crippen LogP contribution in [0.15, 0.2) is 48.0 Å². The van der Waals surface area contributed by atoms with Gasteiger partial charge in [0.25, 0.3) is 0 Å². The van der Waals surface area contributed by atoms with E-state index < -0.39 is 8.07 Å². The number of fused-ring (bicyclic) bond motifs is 1. The summed E-state index contributed by atoms with van der Waals surface area (Å²) in [4.78, 5) is 0. The molecule has 101 valence electrons. The summed E-state index contributed by atoms with van der Waals surface area (Å²) >= 11 is 0. The van der Waals surface area contributed by atoms with Crippen LogP contribution in [-0.4, -0.2) is 8.07 Å². The van der Waals surface area contributed by atoms with Crippen LogP contribution in [0.25, 0.3) is 17.2 Å². The molecule has 0 bridgehead atoms. The summed E-state index contributed by atoms with van der Waals surface area (Å²) in [5.74, 6) is 0. The zero-order valence-corrected chi connectivity index (χ0v) is 13.7. The van der Waals surface area contributed by atoms with Crippen LogP contribution in [0.4, 0.5) is 0 Å². The molecular weight excluding hydrogens is 256 g/mol. The first-order valence-electron chi connectivity index (χ1n) is 7.22. The molecule has 1 radical (unpaired) electrons. The van der Waals surface area contributed by atoms with E-state index in [1.54, 1.807) is 0 Å². The Morgan fingerprint density at radius 1 is 0.850 bits per heavy atom. The van der Waals surface area contributed by atoms with Gasteiger partial charge in [-0.3, -0.25) is 0 Å². The van der Waals surface area contributed by atoms with Gasteiger partial charge < -0.3 is 0 Å². The number of allylic oxidation sites excluding steroid dienone is 1. The zero-order chi connectivity index (χ0) is 14.3. The van der Waals surface area contributed by atoms with Crippen LogP contribution in [0.1, 0.15) is 18.1 Å². The number of hydrogen-bond donors (Lipinski definition) is 0. The fraction of sp³-hybridized carbons (Fsp3) is 0.211. The van der Waals surface area contributed by atoms with Gasteiger partial charge >= 0.3 is 0 Å². The van der Waals surface area contributed by atoms with Gasteiger partial charge in [-0.25, -0.2) is 0 Å². The highest BCUT2D eigenvalue weighted by atomic mass is 28.3. The van der Waals surface area contributed by atoms with Crippen molar-refractivity contribution in [2.75, 3.05) is 0 Å². The highest BCUT2D eigenvalue weighted by Gasteiger charge is 2.17. The summed E-state index contributed by atoms with van der Waals surface area (Å²) in [6.07, 6.45) is 4.55. The van der Waals surface area contributed by atoms with E-state index in [1.807, 2.05) is 0 Å². The van der Waals surface area contributed by atoms with Gasteiger partial charge in [-0.1, -0.05) is 78.9 Å². The summed E-state index contributed by atoms with van der Waals surface area (Å²) in [6.45, 7) is 9.34. The van der Waals surface area contributed by atoms with E-state index >= 15 is 0 Å². The molecule has 0 unspecified atom stereocenters. The first-order chi connectivity index (χ1) is 9.45. The van der Waals surface area contributed by atoms with Crippen molar-refractivity contribution in [1.29, 1.82) is 0 Å². The number of hydrogen-bond acceptors (Lipinski definition) is 0. The van der Waals surface area contributed by atoms with E-state index in [1.165, 1.54) is 33.0 Å². The highest BCUT2D eigenvalue weighted by molar-refractivity contribution is 6.88. The molecule has 0 aromatic heterocycles. The minimum Gasteiger partial charge on any atom is -0.0656 e. The summed E-state index contributed by atoms with van der Waals surface area (Å²) < 4.78 is 0. The molecule has 1 heteroatoms. The molecule has 20 heavy (non-hydrogen) atoms. The lowest BCUT2D eigenvalue weighted by Crippen LogP contribution is -2.37. The average molecular weight is 277 g/mol. The third kappa shape index (κ3) is 2.38. The van der Waals surface area contributed by atoms with Gasteiger partial charge in [0.1, 0.15) is 0 Å². The molecule has 0 saturated heterocycles. The molecule has 0 amide bonds. The lowest BCUT2D eigenvalue weighted by atomic mass is 9.97. The second-order valence-corrected chi connectivity index (χ2v) is 11.7.